The van der Waals surface area contributed by atoms with Gasteiger partial charge < -0.3 is 9.26 Å². The van der Waals surface area contributed by atoms with E-state index in [9.17, 15) is 9.18 Å². The van der Waals surface area contributed by atoms with E-state index in [0.717, 1.165) is 25.8 Å². The van der Waals surface area contributed by atoms with Crippen molar-refractivity contribution >= 4 is 5.97 Å². The average molecular weight is 345 g/mol. The molecular formula is C18H20FN3O3. The summed E-state index contributed by atoms with van der Waals surface area (Å²) in [5.41, 5.74) is 0.593. The molecule has 2 fully saturated rings. The molecule has 3 atom stereocenters. The molecule has 1 aromatic carbocycles. The number of ether oxygens (including phenoxy) is 1. The van der Waals surface area contributed by atoms with Crippen LogP contribution in [0.25, 0.3) is 11.4 Å². The van der Waals surface area contributed by atoms with Gasteiger partial charge in [0.25, 0.3) is 0 Å². The van der Waals surface area contributed by atoms with Crippen molar-refractivity contribution < 1.29 is 18.4 Å². The van der Waals surface area contributed by atoms with Crippen molar-refractivity contribution in [1.29, 1.82) is 0 Å². The minimum absolute atomic E-state index is 0.0270. The van der Waals surface area contributed by atoms with Crippen molar-refractivity contribution in [3.8, 4) is 11.4 Å². The van der Waals surface area contributed by atoms with Crippen molar-refractivity contribution in [3.63, 3.8) is 0 Å². The molecule has 1 aromatic heterocycles. The molecule has 25 heavy (non-hydrogen) atoms. The van der Waals surface area contributed by atoms with Crippen LogP contribution in [0.3, 0.4) is 0 Å². The molecule has 0 radical (unpaired) electrons. The predicted octanol–water partition coefficient (Wildman–Crippen LogP) is 2.76. The van der Waals surface area contributed by atoms with E-state index in [4.69, 9.17) is 9.26 Å². The van der Waals surface area contributed by atoms with E-state index in [1.807, 2.05) is 6.92 Å². The van der Waals surface area contributed by atoms with Gasteiger partial charge in [-0.2, -0.15) is 4.98 Å². The predicted molar refractivity (Wildman–Crippen MR) is 87.2 cm³/mol. The lowest BCUT2D eigenvalue weighted by Crippen LogP contribution is -2.44. The number of carbonyl (C=O) groups is 1. The molecule has 0 amide bonds. The van der Waals surface area contributed by atoms with E-state index in [1.165, 1.54) is 12.1 Å². The molecule has 0 bridgehead atoms. The van der Waals surface area contributed by atoms with Gasteiger partial charge in [0.2, 0.25) is 11.7 Å². The Morgan fingerprint density at radius 1 is 1.36 bits per heavy atom. The maximum Gasteiger partial charge on any atom is 0.323 e. The molecule has 2 aliphatic rings. The van der Waals surface area contributed by atoms with Crippen LogP contribution in [0.1, 0.15) is 38.0 Å². The van der Waals surface area contributed by atoms with Gasteiger partial charge in [0.05, 0.1) is 5.92 Å². The Morgan fingerprint density at radius 3 is 3.00 bits per heavy atom. The summed E-state index contributed by atoms with van der Waals surface area (Å²) in [4.78, 5) is 18.6. The zero-order valence-corrected chi connectivity index (χ0v) is 14.0. The van der Waals surface area contributed by atoms with Crippen LogP contribution in [0.15, 0.2) is 28.8 Å². The molecule has 0 spiro atoms. The zero-order chi connectivity index (χ0) is 17.4. The highest BCUT2D eigenvalue weighted by Gasteiger charge is 2.39. The molecular weight excluding hydrogens is 325 g/mol. The lowest BCUT2D eigenvalue weighted by Gasteiger charge is -2.33. The lowest BCUT2D eigenvalue weighted by molar-refractivity contribution is -0.145. The molecule has 6 nitrogen and oxygen atoms in total. The first kappa shape index (κ1) is 16.2. The number of aromatic nitrogens is 2. The van der Waals surface area contributed by atoms with Gasteiger partial charge in [-0.25, -0.2) is 4.39 Å². The number of halogens is 1. The van der Waals surface area contributed by atoms with Gasteiger partial charge in [0.1, 0.15) is 18.0 Å². The van der Waals surface area contributed by atoms with E-state index in [1.54, 1.807) is 12.1 Å². The maximum absolute atomic E-state index is 13.4. The first-order valence-corrected chi connectivity index (χ1v) is 8.64. The van der Waals surface area contributed by atoms with Crippen molar-refractivity contribution in [2.45, 2.75) is 44.2 Å². The van der Waals surface area contributed by atoms with Crippen LogP contribution in [0, 0.1) is 5.82 Å². The van der Waals surface area contributed by atoms with E-state index >= 15 is 0 Å². The number of hydrogen-bond acceptors (Lipinski definition) is 6. The largest absolute Gasteiger partial charge is 0.461 e. The summed E-state index contributed by atoms with van der Waals surface area (Å²) in [5.74, 6) is 0.539. The second-order valence-electron chi connectivity index (χ2n) is 6.80. The number of likely N-dealkylation sites (tertiary alicyclic amines) is 1. The van der Waals surface area contributed by atoms with Crippen molar-refractivity contribution in [3.05, 3.63) is 36.0 Å². The van der Waals surface area contributed by atoms with Gasteiger partial charge in [0.15, 0.2) is 0 Å². The number of piperidine rings is 1. The van der Waals surface area contributed by atoms with Crippen molar-refractivity contribution in [1.82, 2.24) is 15.0 Å². The van der Waals surface area contributed by atoms with Gasteiger partial charge in [-0.3, -0.25) is 9.69 Å². The summed E-state index contributed by atoms with van der Waals surface area (Å²) < 4.78 is 24.1. The second kappa shape index (κ2) is 6.55. The molecule has 0 saturated carbocycles. The molecule has 0 N–H and O–H groups in total. The normalized spacial score (nSPS) is 27.4. The fourth-order valence-electron chi connectivity index (χ4n) is 3.67. The summed E-state index contributed by atoms with van der Waals surface area (Å²) in [6.07, 6.45) is 2.59. The topological polar surface area (TPSA) is 68.5 Å². The van der Waals surface area contributed by atoms with Gasteiger partial charge in [-0.05, 0) is 38.4 Å². The summed E-state index contributed by atoms with van der Waals surface area (Å²) in [6.45, 7) is 3.48. The van der Waals surface area contributed by atoms with E-state index in [-0.39, 0.29) is 29.9 Å². The number of rotatable bonds is 3. The molecule has 3 heterocycles. The third kappa shape index (κ3) is 3.28. The Bertz CT molecular complexity index is 778. The van der Waals surface area contributed by atoms with Crippen molar-refractivity contribution in [2.24, 2.45) is 0 Å². The molecule has 2 aliphatic heterocycles. The minimum Gasteiger partial charge on any atom is -0.461 e. The van der Waals surface area contributed by atoms with Crippen LogP contribution in [0.2, 0.25) is 0 Å². The first-order valence-electron chi connectivity index (χ1n) is 8.64. The highest BCUT2D eigenvalue weighted by molar-refractivity contribution is 5.78. The summed E-state index contributed by atoms with van der Waals surface area (Å²) in [6, 6.07) is 5.96. The monoisotopic (exact) mass is 345 g/mol. The molecule has 4 rings (SSSR count). The number of nitrogens with zero attached hydrogens (tertiary/aromatic N) is 3. The SMILES string of the molecule is C[C@@H]1C[C@H](N2CCC[C@@H](c3nc(-c4cccc(F)c4)no3)C2)C(=O)O1. The maximum atomic E-state index is 13.4. The second-order valence-corrected chi connectivity index (χ2v) is 6.80. The summed E-state index contributed by atoms with van der Waals surface area (Å²) in [5, 5.41) is 3.99. The summed E-state index contributed by atoms with van der Waals surface area (Å²) >= 11 is 0. The van der Waals surface area contributed by atoms with Crippen LogP contribution in [-0.4, -0.2) is 46.2 Å². The Morgan fingerprint density at radius 2 is 2.24 bits per heavy atom. The van der Waals surface area contributed by atoms with E-state index in [2.05, 4.69) is 15.0 Å². The number of carbonyl (C=O) groups excluding carboxylic acids is 1. The Kier molecular flexibility index (Phi) is 4.25. The average Bonchev–Trinajstić information content (AvgIpc) is 3.22. The lowest BCUT2D eigenvalue weighted by atomic mass is 9.96. The van der Waals surface area contributed by atoms with Gasteiger partial charge in [0, 0.05) is 18.5 Å². The molecule has 7 heteroatoms. The fourth-order valence-corrected chi connectivity index (χ4v) is 3.67. The van der Waals surface area contributed by atoms with Crippen LogP contribution in [0.5, 0.6) is 0 Å². The molecule has 132 valence electrons. The first-order chi connectivity index (χ1) is 12.1. The Hall–Kier alpha value is -2.28. The van der Waals surface area contributed by atoms with Gasteiger partial charge in [-0.1, -0.05) is 17.3 Å². The Balaban J connectivity index is 1.49. The third-order valence-corrected chi connectivity index (χ3v) is 4.91. The molecule has 0 unspecified atom stereocenters. The van der Waals surface area contributed by atoms with Crippen LogP contribution in [-0.2, 0) is 9.53 Å². The number of cyclic esters (lactones) is 1. The van der Waals surface area contributed by atoms with Crippen molar-refractivity contribution in [2.75, 3.05) is 13.1 Å². The van der Waals surface area contributed by atoms with E-state index < -0.39 is 0 Å². The standard InChI is InChI=1S/C18H20FN3O3/c1-11-8-15(18(23)24-11)22-7-3-5-13(10-22)17-20-16(21-25-17)12-4-2-6-14(19)9-12/h2,4,6,9,11,13,15H,3,5,7-8,10H2,1H3/t11-,13-,15+/m1/s1. The highest BCUT2D eigenvalue weighted by atomic mass is 19.1. The van der Waals surface area contributed by atoms with Crippen LogP contribution in [0.4, 0.5) is 4.39 Å². The summed E-state index contributed by atoms with van der Waals surface area (Å²) in [7, 11) is 0. The van der Waals surface area contributed by atoms with Gasteiger partial charge >= 0.3 is 5.97 Å². The van der Waals surface area contributed by atoms with E-state index in [0.29, 0.717) is 23.8 Å². The zero-order valence-electron chi connectivity index (χ0n) is 14.0. The minimum atomic E-state index is -0.332. The Labute approximate surface area is 145 Å². The molecule has 0 aliphatic carbocycles. The quantitative estimate of drug-likeness (QED) is 0.797. The van der Waals surface area contributed by atoms with Crippen LogP contribution >= 0.6 is 0 Å². The number of esters is 1. The number of hydrogen-bond donors (Lipinski definition) is 0. The third-order valence-electron chi connectivity index (χ3n) is 4.91. The number of benzene rings is 1. The fraction of sp³-hybridized carbons (Fsp3) is 0.500. The van der Waals surface area contributed by atoms with Crippen LogP contribution < -0.4 is 0 Å². The smallest absolute Gasteiger partial charge is 0.323 e. The highest BCUT2D eigenvalue weighted by Crippen LogP contribution is 2.31. The van der Waals surface area contributed by atoms with Gasteiger partial charge in [-0.15, -0.1) is 0 Å². The molecule has 2 aromatic rings. The molecule has 2 saturated heterocycles.